The predicted molar refractivity (Wildman–Crippen MR) is 110 cm³/mol. The second-order valence-corrected chi connectivity index (χ2v) is 7.29. The summed E-state index contributed by atoms with van der Waals surface area (Å²) in [6, 6.07) is 16.7. The van der Waals surface area contributed by atoms with Crippen molar-refractivity contribution in [3.63, 3.8) is 0 Å². The maximum absolute atomic E-state index is 6.60. The summed E-state index contributed by atoms with van der Waals surface area (Å²) in [4.78, 5) is 0. The number of nitrogens with two attached hydrogens (primary N) is 1. The van der Waals surface area contributed by atoms with Gasteiger partial charge in [-0.05, 0) is 48.7 Å². The molecule has 4 heteroatoms. The van der Waals surface area contributed by atoms with Gasteiger partial charge in [-0.3, -0.25) is 0 Å². The summed E-state index contributed by atoms with van der Waals surface area (Å²) in [5.41, 5.74) is 8.94. The van der Waals surface area contributed by atoms with Crippen molar-refractivity contribution in [3.8, 4) is 5.75 Å². The molecule has 2 aromatic carbocycles. The van der Waals surface area contributed by atoms with Crippen molar-refractivity contribution < 1.29 is 4.74 Å². The Labute approximate surface area is 160 Å². The predicted octanol–water partition coefficient (Wildman–Crippen LogP) is 5.39. The van der Waals surface area contributed by atoms with Crippen LogP contribution in [0.5, 0.6) is 5.75 Å². The summed E-state index contributed by atoms with van der Waals surface area (Å²) in [6.45, 7) is 2.23. The average Bonchev–Trinajstić information content (AvgIpc) is 2.63. The zero-order valence-corrected chi connectivity index (χ0v) is 16.8. The van der Waals surface area contributed by atoms with E-state index >= 15 is 0 Å². The number of hydrogen-bond donors (Lipinski definition) is 2. The van der Waals surface area contributed by atoms with E-state index in [9.17, 15) is 0 Å². The lowest BCUT2D eigenvalue weighted by atomic mass is 9.95. The maximum Gasteiger partial charge on any atom is 0.119 e. The molecule has 0 amide bonds. The SMILES string of the molecule is CCCCC[C@@H](Nc1ccc(OC)cc1)[C@@H](N)Cc1ccccc1Br. The lowest BCUT2D eigenvalue weighted by Gasteiger charge is -2.27. The van der Waals surface area contributed by atoms with Crippen LogP contribution in [0.15, 0.2) is 53.0 Å². The fourth-order valence-corrected chi connectivity index (χ4v) is 3.42. The van der Waals surface area contributed by atoms with Crippen molar-refractivity contribution in [2.45, 2.75) is 51.1 Å². The zero-order chi connectivity index (χ0) is 18.1. The van der Waals surface area contributed by atoms with Gasteiger partial charge in [-0.2, -0.15) is 0 Å². The average molecular weight is 405 g/mol. The van der Waals surface area contributed by atoms with E-state index in [-0.39, 0.29) is 12.1 Å². The molecule has 0 aliphatic heterocycles. The summed E-state index contributed by atoms with van der Waals surface area (Å²) < 4.78 is 6.36. The third-order valence-corrected chi connectivity index (χ3v) is 5.26. The van der Waals surface area contributed by atoms with E-state index in [1.807, 2.05) is 18.2 Å². The fraction of sp³-hybridized carbons (Fsp3) is 0.429. The molecule has 0 bridgehead atoms. The second kappa shape index (κ2) is 10.5. The monoisotopic (exact) mass is 404 g/mol. The molecule has 2 atom stereocenters. The van der Waals surface area contributed by atoms with Crippen LogP contribution >= 0.6 is 15.9 Å². The molecular weight excluding hydrogens is 376 g/mol. The highest BCUT2D eigenvalue weighted by Gasteiger charge is 2.19. The molecule has 3 N–H and O–H groups in total. The van der Waals surface area contributed by atoms with Crippen LogP contribution in [-0.2, 0) is 6.42 Å². The van der Waals surface area contributed by atoms with E-state index in [4.69, 9.17) is 10.5 Å². The molecule has 0 spiro atoms. The van der Waals surface area contributed by atoms with Crippen molar-refractivity contribution in [1.82, 2.24) is 0 Å². The second-order valence-electron chi connectivity index (χ2n) is 6.43. The minimum Gasteiger partial charge on any atom is -0.497 e. The molecule has 3 nitrogen and oxygen atoms in total. The zero-order valence-electron chi connectivity index (χ0n) is 15.2. The number of hydrogen-bond acceptors (Lipinski definition) is 3. The Morgan fingerprint density at radius 2 is 1.80 bits per heavy atom. The van der Waals surface area contributed by atoms with Gasteiger partial charge in [-0.1, -0.05) is 60.3 Å². The van der Waals surface area contributed by atoms with E-state index in [0.717, 1.165) is 28.8 Å². The number of benzene rings is 2. The third-order valence-electron chi connectivity index (χ3n) is 4.49. The van der Waals surface area contributed by atoms with Gasteiger partial charge in [0.25, 0.3) is 0 Å². The number of rotatable bonds is 10. The summed E-state index contributed by atoms with van der Waals surface area (Å²) in [5.74, 6) is 0.866. The van der Waals surface area contributed by atoms with Crippen LogP contribution in [-0.4, -0.2) is 19.2 Å². The summed E-state index contributed by atoms with van der Waals surface area (Å²) in [5, 5.41) is 3.63. The molecule has 2 rings (SSSR count). The molecule has 0 heterocycles. The molecule has 0 aromatic heterocycles. The van der Waals surface area contributed by atoms with E-state index in [0.29, 0.717) is 0 Å². The number of ether oxygens (including phenoxy) is 1. The lowest BCUT2D eigenvalue weighted by molar-refractivity contribution is 0.415. The van der Waals surface area contributed by atoms with Gasteiger partial charge in [-0.15, -0.1) is 0 Å². The first-order chi connectivity index (χ1) is 12.1. The van der Waals surface area contributed by atoms with Crippen molar-refractivity contribution in [2.75, 3.05) is 12.4 Å². The molecule has 25 heavy (non-hydrogen) atoms. The van der Waals surface area contributed by atoms with Crippen molar-refractivity contribution >= 4 is 21.6 Å². The van der Waals surface area contributed by atoms with Crippen LogP contribution in [0.2, 0.25) is 0 Å². The molecule has 136 valence electrons. The summed E-state index contributed by atoms with van der Waals surface area (Å²) in [6.07, 6.45) is 5.57. The Kier molecular flexibility index (Phi) is 8.29. The largest absolute Gasteiger partial charge is 0.497 e. The maximum atomic E-state index is 6.60. The quantitative estimate of drug-likeness (QED) is 0.521. The van der Waals surface area contributed by atoms with Crippen LogP contribution in [0.3, 0.4) is 0 Å². The van der Waals surface area contributed by atoms with Crippen LogP contribution in [0.25, 0.3) is 0 Å². The number of methoxy groups -OCH3 is 1. The summed E-state index contributed by atoms with van der Waals surface area (Å²) in [7, 11) is 1.68. The van der Waals surface area contributed by atoms with Crippen LogP contribution < -0.4 is 15.8 Å². The topological polar surface area (TPSA) is 47.3 Å². The van der Waals surface area contributed by atoms with Gasteiger partial charge in [-0.25, -0.2) is 0 Å². The Hall–Kier alpha value is -1.52. The van der Waals surface area contributed by atoms with Crippen LogP contribution in [0.1, 0.15) is 38.2 Å². The highest BCUT2D eigenvalue weighted by atomic mass is 79.9. The molecule has 0 unspecified atom stereocenters. The van der Waals surface area contributed by atoms with Crippen molar-refractivity contribution in [2.24, 2.45) is 5.73 Å². The van der Waals surface area contributed by atoms with Gasteiger partial charge in [0.2, 0.25) is 0 Å². The number of halogens is 1. The number of anilines is 1. The Bertz CT molecular complexity index is 630. The smallest absolute Gasteiger partial charge is 0.119 e. The Morgan fingerprint density at radius 1 is 1.08 bits per heavy atom. The van der Waals surface area contributed by atoms with Gasteiger partial charge in [0.05, 0.1) is 7.11 Å². The van der Waals surface area contributed by atoms with E-state index in [2.05, 4.69) is 58.5 Å². The van der Waals surface area contributed by atoms with E-state index in [1.54, 1.807) is 7.11 Å². The first-order valence-electron chi connectivity index (χ1n) is 9.03. The molecule has 0 radical (unpaired) electrons. The first-order valence-corrected chi connectivity index (χ1v) is 9.83. The Morgan fingerprint density at radius 3 is 2.44 bits per heavy atom. The highest BCUT2D eigenvalue weighted by Crippen LogP contribution is 2.22. The van der Waals surface area contributed by atoms with Crippen LogP contribution in [0, 0.1) is 0 Å². The molecule has 0 saturated heterocycles. The molecule has 0 fully saturated rings. The summed E-state index contributed by atoms with van der Waals surface area (Å²) >= 11 is 3.63. The molecular formula is C21H29BrN2O. The van der Waals surface area contributed by atoms with Gasteiger partial charge in [0, 0.05) is 22.2 Å². The lowest BCUT2D eigenvalue weighted by Crippen LogP contribution is -2.42. The molecule has 0 saturated carbocycles. The number of unbranched alkanes of at least 4 members (excludes halogenated alkanes) is 2. The van der Waals surface area contributed by atoms with Gasteiger partial charge in [0.1, 0.15) is 5.75 Å². The van der Waals surface area contributed by atoms with Gasteiger partial charge < -0.3 is 15.8 Å². The van der Waals surface area contributed by atoms with Crippen LogP contribution in [0.4, 0.5) is 5.69 Å². The minimum atomic E-state index is 0.0534. The normalized spacial score (nSPS) is 13.3. The molecule has 0 aliphatic carbocycles. The minimum absolute atomic E-state index is 0.0534. The fourth-order valence-electron chi connectivity index (χ4n) is 2.97. The third kappa shape index (κ3) is 6.37. The molecule has 2 aromatic rings. The number of nitrogens with one attached hydrogen (secondary N) is 1. The van der Waals surface area contributed by atoms with Gasteiger partial charge >= 0.3 is 0 Å². The highest BCUT2D eigenvalue weighted by molar-refractivity contribution is 9.10. The Balaban J connectivity index is 2.06. The van der Waals surface area contributed by atoms with E-state index in [1.165, 1.54) is 24.8 Å². The van der Waals surface area contributed by atoms with E-state index < -0.39 is 0 Å². The molecule has 0 aliphatic rings. The van der Waals surface area contributed by atoms with Crippen molar-refractivity contribution in [1.29, 1.82) is 0 Å². The first kappa shape index (κ1) is 19.8. The standard InChI is InChI=1S/C21H29BrN2O/c1-3-4-5-10-21(24-17-11-13-18(25-2)14-12-17)20(23)15-16-8-6-7-9-19(16)22/h6-9,11-14,20-21,24H,3-5,10,15,23H2,1-2H3/t20-,21+/m0/s1. The van der Waals surface area contributed by atoms with Gasteiger partial charge in [0.15, 0.2) is 0 Å². The van der Waals surface area contributed by atoms with Crippen molar-refractivity contribution in [3.05, 3.63) is 58.6 Å².